The van der Waals surface area contributed by atoms with Crippen molar-refractivity contribution in [2.75, 3.05) is 0 Å². The zero-order valence-corrected chi connectivity index (χ0v) is 7.55. The van der Waals surface area contributed by atoms with Crippen LogP contribution in [0.3, 0.4) is 0 Å². The number of hydrogen-bond acceptors (Lipinski definition) is 6. The Morgan fingerprint density at radius 2 is 0.800 bits per heavy atom. The minimum atomic E-state index is -1.75. The van der Waals surface area contributed by atoms with E-state index in [9.17, 15) is 0 Å². The summed E-state index contributed by atoms with van der Waals surface area (Å²) in [6.45, 7) is 0. The molecule has 0 aromatic carbocycles. The zero-order chi connectivity index (χ0) is 7.15. The summed E-state index contributed by atoms with van der Waals surface area (Å²) in [6.07, 6.45) is 0. The normalized spacial score (nSPS) is 4.80. The summed E-state index contributed by atoms with van der Waals surface area (Å²) in [5.41, 5.74) is 0. The molecule has 0 radical (unpaired) electrons. The van der Waals surface area contributed by atoms with Crippen molar-refractivity contribution in [3.05, 3.63) is 30.6 Å². The van der Waals surface area contributed by atoms with Crippen LogP contribution in [0.25, 0.3) is 0 Å². The van der Waals surface area contributed by atoms with Gasteiger partial charge in [-0.3, -0.25) is 0 Å². The Morgan fingerprint density at radius 1 is 0.800 bits per heavy atom. The third-order valence-electron chi connectivity index (χ3n) is 0. The molecule has 10 heteroatoms. The standard InChI is InChI=1S/2NO3.Nd.H2O/c2*2-1(3)4;;/h;;;1H2/q2*-1;+2;. The largest absolute Gasteiger partial charge is 2.00 e. The Bertz CT molecular complexity index is 69.6. The van der Waals surface area contributed by atoms with Crippen LogP contribution < -0.4 is 0 Å². The van der Waals surface area contributed by atoms with Crippen molar-refractivity contribution in [2.45, 2.75) is 0 Å². The fraction of sp³-hybridized carbons (Fsp3) is 0. The smallest absolute Gasteiger partial charge is 0.412 e. The van der Waals surface area contributed by atoms with Crippen LogP contribution in [0.1, 0.15) is 0 Å². The van der Waals surface area contributed by atoms with Crippen molar-refractivity contribution in [1.82, 2.24) is 0 Å². The number of rotatable bonds is 0. The van der Waals surface area contributed by atoms with E-state index in [1.807, 2.05) is 0 Å². The summed E-state index contributed by atoms with van der Waals surface area (Å²) in [6, 6.07) is 0. The van der Waals surface area contributed by atoms with E-state index < -0.39 is 10.2 Å². The molecule has 0 spiro atoms. The van der Waals surface area contributed by atoms with Gasteiger partial charge in [0.05, 0.1) is 10.2 Å². The van der Waals surface area contributed by atoms with E-state index in [0.717, 1.165) is 0 Å². The Labute approximate surface area is 86.7 Å². The molecule has 0 saturated heterocycles. The van der Waals surface area contributed by atoms with Crippen LogP contribution in [-0.4, -0.2) is 15.6 Å². The van der Waals surface area contributed by atoms with Crippen LogP contribution in [0.5, 0.6) is 0 Å². The molecule has 0 atom stereocenters. The fourth-order valence-electron chi connectivity index (χ4n) is 0. The van der Waals surface area contributed by atoms with Crippen LogP contribution in [-0.2, 0) is 0 Å². The van der Waals surface area contributed by atoms with Crippen molar-refractivity contribution in [3.63, 3.8) is 0 Å². The molecule has 58 valence electrons. The average molecular weight is 286 g/mol. The Kier molecular flexibility index (Phi) is 35.9. The fourth-order valence-corrected chi connectivity index (χ4v) is 0. The van der Waals surface area contributed by atoms with Gasteiger partial charge in [0.25, 0.3) is 0 Å². The van der Waals surface area contributed by atoms with Crippen LogP contribution >= 0.6 is 0 Å². The van der Waals surface area contributed by atoms with Crippen molar-refractivity contribution < 1.29 is 56.5 Å². The van der Waals surface area contributed by atoms with Gasteiger partial charge in [-0.15, -0.1) is 0 Å². The maximum Gasteiger partial charge on any atom is 2.00 e. The van der Waals surface area contributed by atoms with Crippen LogP contribution in [0.4, 0.5) is 0 Å². The van der Waals surface area contributed by atoms with E-state index in [-0.39, 0.29) is 46.3 Å². The molecule has 2 N–H and O–H groups in total. The molecule has 0 aromatic rings. The summed E-state index contributed by atoms with van der Waals surface area (Å²) in [7, 11) is 0. The molecule has 0 amide bonds. The Hall–Kier alpha value is -0.289. The van der Waals surface area contributed by atoms with Crippen molar-refractivity contribution in [3.8, 4) is 0 Å². The maximum absolute atomic E-state index is 8.25. The van der Waals surface area contributed by atoms with E-state index in [1.54, 1.807) is 0 Å². The molecule has 0 fully saturated rings. The van der Waals surface area contributed by atoms with Crippen LogP contribution in [0, 0.1) is 71.5 Å². The molecule has 0 rings (SSSR count). The molecule has 0 heterocycles. The summed E-state index contributed by atoms with van der Waals surface area (Å²) in [4.78, 5) is 16.5. The first-order valence-electron chi connectivity index (χ1n) is 1.10. The molecule has 0 bridgehead atoms. The molecule has 9 nitrogen and oxygen atoms in total. The molecule has 0 aliphatic heterocycles. The second-order valence-electron chi connectivity index (χ2n) is 0.447. The van der Waals surface area contributed by atoms with E-state index >= 15 is 0 Å². The predicted molar refractivity (Wildman–Crippen MR) is 24.3 cm³/mol. The summed E-state index contributed by atoms with van der Waals surface area (Å²) < 4.78 is 0. The molecule has 0 unspecified atom stereocenters. The number of nitrogens with zero attached hydrogens (tertiary/aromatic N) is 2. The average Bonchev–Trinajstić information content (AvgIpc) is 1.25. The molecular weight excluding hydrogens is 284 g/mol. The van der Waals surface area contributed by atoms with Gasteiger partial charge < -0.3 is 36.1 Å². The van der Waals surface area contributed by atoms with Gasteiger partial charge in [-0.1, -0.05) is 0 Å². The van der Waals surface area contributed by atoms with Crippen molar-refractivity contribution in [1.29, 1.82) is 0 Å². The van der Waals surface area contributed by atoms with Gasteiger partial charge in [0.15, 0.2) is 0 Å². The SMILES string of the molecule is O.O=[N+]([O-])[O-].O=[N+]([O-])[O-].[Nd+2]. The summed E-state index contributed by atoms with van der Waals surface area (Å²) in [5, 5.41) is 29.5. The second kappa shape index (κ2) is 15.9. The van der Waals surface area contributed by atoms with Crippen molar-refractivity contribution in [2.24, 2.45) is 0 Å². The summed E-state index contributed by atoms with van der Waals surface area (Å²) in [5.74, 6) is 0. The predicted octanol–water partition coefficient (Wildman–Crippen LogP) is -1.30. The first-order valence-corrected chi connectivity index (χ1v) is 1.10. The third-order valence-corrected chi connectivity index (χ3v) is 0. The van der Waals surface area contributed by atoms with E-state index in [1.165, 1.54) is 0 Å². The van der Waals surface area contributed by atoms with Crippen LogP contribution in [0.2, 0.25) is 0 Å². The first-order chi connectivity index (χ1) is 3.46. The van der Waals surface area contributed by atoms with Gasteiger partial charge in [-0.2, -0.15) is 0 Å². The van der Waals surface area contributed by atoms with E-state index in [0.29, 0.717) is 0 Å². The quantitative estimate of drug-likeness (QED) is 0.396. The van der Waals surface area contributed by atoms with Gasteiger partial charge in [0.1, 0.15) is 0 Å². The number of hydrogen-bond donors (Lipinski definition) is 0. The minimum absolute atomic E-state index is 0. The Morgan fingerprint density at radius 3 is 0.800 bits per heavy atom. The van der Waals surface area contributed by atoms with Gasteiger partial charge >= 0.3 is 40.8 Å². The minimum Gasteiger partial charge on any atom is -0.412 e. The summed E-state index contributed by atoms with van der Waals surface area (Å²) >= 11 is 0. The third kappa shape index (κ3) is 4150. The van der Waals surface area contributed by atoms with Crippen LogP contribution in [0.15, 0.2) is 0 Å². The van der Waals surface area contributed by atoms with Gasteiger partial charge in [-0.25, -0.2) is 0 Å². The molecule has 10 heavy (non-hydrogen) atoms. The van der Waals surface area contributed by atoms with Gasteiger partial charge in [0.2, 0.25) is 0 Å². The molecular formula is H2N2NdO7. The van der Waals surface area contributed by atoms with Gasteiger partial charge in [0, 0.05) is 0 Å². The Balaban J connectivity index is -0.0000000300. The van der Waals surface area contributed by atoms with Gasteiger partial charge in [-0.05, 0) is 0 Å². The van der Waals surface area contributed by atoms with E-state index in [4.69, 9.17) is 30.6 Å². The zero-order valence-electron chi connectivity index (χ0n) is 4.34. The molecule has 0 aliphatic rings. The molecule has 0 saturated carbocycles. The topological polar surface area (TPSA) is 164 Å². The second-order valence-corrected chi connectivity index (χ2v) is 0.447. The monoisotopic (exact) mass is 284 g/mol. The molecule has 0 aromatic heterocycles. The first kappa shape index (κ1) is 22.6. The van der Waals surface area contributed by atoms with Crippen molar-refractivity contribution >= 4 is 0 Å². The van der Waals surface area contributed by atoms with E-state index in [2.05, 4.69) is 0 Å². The maximum atomic E-state index is 8.25. The molecule has 0 aliphatic carbocycles.